The Morgan fingerprint density at radius 1 is 1.10 bits per heavy atom. The van der Waals surface area contributed by atoms with Crippen molar-refractivity contribution in [2.75, 3.05) is 26.2 Å². The van der Waals surface area contributed by atoms with Gasteiger partial charge in [-0.1, -0.05) is 12.1 Å². The summed E-state index contributed by atoms with van der Waals surface area (Å²) in [7, 11) is 0. The van der Waals surface area contributed by atoms with Crippen LogP contribution in [0.1, 0.15) is 54.5 Å². The summed E-state index contributed by atoms with van der Waals surface area (Å²) >= 11 is 0. The third-order valence-electron chi connectivity index (χ3n) is 4.96. The lowest BCUT2D eigenvalue weighted by atomic mass is 10.1. The molecular weight excluding hydrogens is 503 g/mol. The Morgan fingerprint density at radius 2 is 1.77 bits per heavy atom. The van der Waals surface area contributed by atoms with Crippen LogP contribution < -0.4 is 10.6 Å². The molecule has 0 unspecified atom stereocenters. The van der Waals surface area contributed by atoms with Crippen molar-refractivity contribution in [3.8, 4) is 0 Å². The molecule has 0 aliphatic rings. The van der Waals surface area contributed by atoms with Gasteiger partial charge in [0.2, 0.25) is 0 Å². The number of rotatable bonds is 10. The Bertz CT molecular complexity index is 827. The molecule has 0 saturated carbocycles. The predicted molar refractivity (Wildman–Crippen MR) is 138 cm³/mol. The molecule has 0 atom stereocenters. The van der Waals surface area contributed by atoms with Gasteiger partial charge in [0.05, 0.1) is 12.2 Å². The number of amides is 1. The maximum Gasteiger partial charge on any atom is 0.253 e. The molecule has 0 spiro atoms. The first kappa shape index (κ1) is 26.9. The number of hydrogen-bond donors (Lipinski definition) is 2. The summed E-state index contributed by atoms with van der Waals surface area (Å²) < 4.78 is 2.04. The van der Waals surface area contributed by atoms with Crippen LogP contribution in [0.15, 0.2) is 35.3 Å². The molecule has 2 rings (SSSR count). The van der Waals surface area contributed by atoms with Crippen molar-refractivity contribution in [2.45, 2.75) is 54.1 Å². The fourth-order valence-electron chi connectivity index (χ4n) is 3.30. The quantitative estimate of drug-likeness (QED) is 0.209. The van der Waals surface area contributed by atoms with Gasteiger partial charge >= 0.3 is 0 Å². The molecule has 0 aliphatic carbocycles. The lowest BCUT2D eigenvalue weighted by Crippen LogP contribution is -2.38. The Labute approximate surface area is 203 Å². The highest BCUT2D eigenvalue weighted by Gasteiger charge is 2.11. The molecule has 2 aromatic rings. The maximum atomic E-state index is 12.4. The van der Waals surface area contributed by atoms with Crippen molar-refractivity contribution in [3.63, 3.8) is 0 Å². The van der Waals surface area contributed by atoms with Gasteiger partial charge in [-0.25, -0.2) is 4.99 Å². The van der Waals surface area contributed by atoms with E-state index < -0.39 is 0 Å². The normalized spacial score (nSPS) is 11.1. The van der Waals surface area contributed by atoms with Gasteiger partial charge in [0.25, 0.3) is 5.91 Å². The standard InChI is InChI=1S/C23H36N6O.HI/c1-6-24-23(25-14-9-15-29-19(5)16-18(4)27-29)26-17-20-10-12-21(13-11-20)22(30)28(7-2)8-3;/h10-13,16H,6-9,14-15,17H2,1-5H3,(H2,24,25,26);1H. The summed E-state index contributed by atoms with van der Waals surface area (Å²) in [5, 5.41) is 11.2. The fourth-order valence-corrected chi connectivity index (χ4v) is 3.30. The highest BCUT2D eigenvalue weighted by molar-refractivity contribution is 14.0. The molecule has 0 aliphatic heterocycles. The highest BCUT2D eigenvalue weighted by Crippen LogP contribution is 2.09. The first-order valence-corrected chi connectivity index (χ1v) is 10.9. The zero-order valence-corrected chi connectivity index (χ0v) is 21.8. The Kier molecular flexibility index (Phi) is 12.2. The van der Waals surface area contributed by atoms with Crippen molar-refractivity contribution in [1.82, 2.24) is 25.3 Å². The molecule has 0 fully saturated rings. The van der Waals surface area contributed by atoms with Gasteiger partial charge in [0, 0.05) is 44.0 Å². The summed E-state index contributed by atoms with van der Waals surface area (Å²) in [5.41, 5.74) is 4.04. The maximum absolute atomic E-state index is 12.4. The largest absolute Gasteiger partial charge is 0.357 e. The van der Waals surface area contributed by atoms with Gasteiger partial charge in [-0.15, -0.1) is 24.0 Å². The minimum atomic E-state index is 0. The topological polar surface area (TPSA) is 74.6 Å². The van der Waals surface area contributed by atoms with E-state index in [0.29, 0.717) is 6.54 Å². The number of carbonyl (C=O) groups is 1. The monoisotopic (exact) mass is 540 g/mol. The van der Waals surface area contributed by atoms with Crippen LogP contribution in [0.4, 0.5) is 0 Å². The molecule has 1 heterocycles. The van der Waals surface area contributed by atoms with Crippen molar-refractivity contribution >= 4 is 35.8 Å². The molecular formula is C23H37IN6O. The van der Waals surface area contributed by atoms with Crippen LogP contribution in [0.3, 0.4) is 0 Å². The van der Waals surface area contributed by atoms with Crippen LogP contribution in [0.25, 0.3) is 0 Å². The summed E-state index contributed by atoms with van der Waals surface area (Å²) in [4.78, 5) is 18.9. The van der Waals surface area contributed by atoms with E-state index in [1.807, 2.05) is 54.6 Å². The van der Waals surface area contributed by atoms with Gasteiger partial charge in [0.15, 0.2) is 5.96 Å². The second-order valence-electron chi connectivity index (χ2n) is 7.30. The smallest absolute Gasteiger partial charge is 0.253 e. The van der Waals surface area contributed by atoms with Crippen LogP contribution >= 0.6 is 24.0 Å². The summed E-state index contributed by atoms with van der Waals surface area (Å²) in [6, 6.07) is 9.83. The third kappa shape index (κ3) is 8.51. The summed E-state index contributed by atoms with van der Waals surface area (Å²) in [5.74, 6) is 0.877. The Hall–Kier alpha value is -2.10. The molecule has 1 aromatic heterocycles. The van der Waals surface area contributed by atoms with E-state index in [0.717, 1.165) is 61.9 Å². The average molecular weight is 540 g/mol. The average Bonchev–Trinajstić information content (AvgIpc) is 3.07. The van der Waals surface area contributed by atoms with Crippen LogP contribution in [0.5, 0.6) is 0 Å². The van der Waals surface area contributed by atoms with E-state index in [4.69, 9.17) is 0 Å². The number of aliphatic imine (C=N–C) groups is 1. The van der Waals surface area contributed by atoms with E-state index in [-0.39, 0.29) is 29.9 Å². The zero-order chi connectivity index (χ0) is 21.9. The van der Waals surface area contributed by atoms with Crippen LogP contribution in [0.2, 0.25) is 0 Å². The molecule has 172 valence electrons. The molecule has 0 saturated heterocycles. The Morgan fingerprint density at radius 3 is 2.32 bits per heavy atom. The number of nitrogens with zero attached hydrogens (tertiary/aromatic N) is 4. The van der Waals surface area contributed by atoms with Gasteiger partial charge in [-0.2, -0.15) is 5.10 Å². The fraction of sp³-hybridized carbons (Fsp3) is 0.522. The lowest BCUT2D eigenvalue weighted by molar-refractivity contribution is 0.0773. The second-order valence-corrected chi connectivity index (χ2v) is 7.30. The van der Waals surface area contributed by atoms with E-state index in [9.17, 15) is 4.79 Å². The van der Waals surface area contributed by atoms with Gasteiger partial charge in [-0.05, 0) is 64.8 Å². The SMILES string of the molecule is CCNC(=NCc1ccc(C(=O)N(CC)CC)cc1)NCCCn1nc(C)cc1C.I. The second kappa shape index (κ2) is 14.1. The molecule has 0 bridgehead atoms. The van der Waals surface area contributed by atoms with Gasteiger partial charge < -0.3 is 15.5 Å². The molecule has 8 heteroatoms. The van der Waals surface area contributed by atoms with Crippen LogP contribution in [-0.2, 0) is 13.1 Å². The first-order valence-electron chi connectivity index (χ1n) is 10.9. The van der Waals surface area contributed by atoms with Crippen LogP contribution in [0, 0.1) is 13.8 Å². The van der Waals surface area contributed by atoms with Crippen molar-refractivity contribution in [3.05, 3.63) is 52.8 Å². The van der Waals surface area contributed by atoms with Crippen molar-refractivity contribution in [1.29, 1.82) is 0 Å². The summed E-state index contributed by atoms with van der Waals surface area (Å²) in [6.07, 6.45) is 0.967. The number of aryl methyl sites for hydroxylation is 3. The molecule has 31 heavy (non-hydrogen) atoms. The number of nitrogens with one attached hydrogen (secondary N) is 2. The number of benzene rings is 1. The van der Waals surface area contributed by atoms with E-state index in [1.54, 1.807) is 0 Å². The van der Waals surface area contributed by atoms with Crippen molar-refractivity contribution in [2.24, 2.45) is 4.99 Å². The van der Waals surface area contributed by atoms with Crippen LogP contribution in [-0.4, -0.2) is 52.7 Å². The predicted octanol–water partition coefficient (Wildman–Crippen LogP) is 3.75. The van der Waals surface area contributed by atoms with Gasteiger partial charge in [0.1, 0.15) is 0 Å². The Balaban J connectivity index is 0.00000480. The number of aromatic nitrogens is 2. The van der Waals surface area contributed by atoms with E-state index >= 15 is 0 Å². The lowest BCUT2D eigenvalue weighted by Gasteiger charge is -2.18. The van der Waals surface area contributed by atoms with Crippen molar-refractivity contribution < 1.29 is 4.79 Å². The van der Waals surface area contributed by atoms with E-state index in [1.165, 1.54) is 5.69 Å². The van der Waals surface area contributed by atoms with E-state index in [2.05, 4.69) is 40.6 Å². The minimum absolute atomic E-state index is 0. The molecule has 1 amide bonds. The third-order valence-corrected chi connectivity index (χ3v) is 4.96. The highest BCUT2D eigenvalue weighted by atomic mass is 127. The molecule has 7 nitrogen and oxygen atoms in total. The number of halogens is 1. The summed E-state index contributed by atoms with van der Waals surface area (Å²) in [6.45, 7) is 14.7. The molecule has 2 N–H and O–H groups in total. The number of guanidine groups is 1. The zero-order valence-electron chi connectivity index (χ0n) is 19.4. The molecule has 1 aromatic carbocycles. The molecule has 0 radical (unpaired) electrons. The minimum Gasteiger partial charge on any atom is -0.357 e. The first-order chi connectivity index (χ1) is 14.5. The number of carbonyl (C=O) groups excluding carboxylic acids is 1. The van der Waals surface area contributed by atoms with Gasteiger partial charge in [-0.3, -0.25) is 9.48 Å². The number of hydrogen-bond acceptors (Lipinski definition) is 3.